The zero-order valence-electron chi connectivity index (χ0n) is 47.2. The fourth-order valence-corrected chi connectivity index (χ4v) is 8.23. The van der Waals surface area contributed by atoms with Crippen molar-refractivity contribution in [2.24, 2.45) is 5.73 Å². The summed E-state index contributed by atoms with van der Waals surface area (Å²) in [7, 11) is -4.40. The zero-order valence-corrected chi connectivity index (χ0v) is 48.1. The van der Waals surface area contributed by atoms with Crippen molar-refractivity contribution in [3.05, 3.63) is 146 Å². The van der Waals surface area contributed by atoms with Crippen LogP contribution in [0.3, 0.4) is 0 Å². The van der Waals surface area contributed by atoms with Crippen molar-refractivity contribution >= 4 is 19.8 Å². The predicted octanol–water partition coefficient (Wildman–Crippen LogP) is 18.7. The molecule has 3 N–H and O–H groups in total. The first-order chi connectivity index (χ1) is 36.8. The van der Waals surface area contributed by atoms with Gasteiger partial charge < -0.3 is 20.1 Å². The fraction of sp³-hybridized carbons (Fsp3) is 0.600. The van der Waals surface area contributed by atoms with Crippen LogP contribution in [-0.2, 0) is 32.7 Å². The SMILES string of the molecule is CC/C=C\C/C=C\C/C=C\C/C=C\C/C=C\C/C=C\C/C=C\C/C=C\CCCCCCCCCCCCCCC(=O)OC(COC(=O)CCCCCC/C=C\C/C=C\C/C=C\C/C=C\CC)COP(=O)(O)OCCN. The highest BCUT2D eigenvalue weighted by molar-refractivity contribution is 7.47. The number of nitrogens with two attached hydrogens (primary N) is 1. The van der Waals surface area contributed by atoms with Crippen LogP contribution in [0.2, 0.25) is 0 Å². The van der Waals surface area contributed by atoms with E-state index < -0.39 is 32.5 Å². The molecule has 0 heterocycles. The summed E-state index contributed by atoms with van der Waals surface area (Å²) < 4.78 is 33.0. The van der Waals surface area contributed by atoms with E-state index in [4.69, 9.17) is 24.3 Å². The molecule has 0 amide bonds. The number of allylic oxidation sites excluding steroid dienone is 24. The van der Waals surface area contributed by atoms with E-state index in [1.807, 2.05) is 0 Å². The lowest BCUT2D eigenvalue weighted by Gasteiger charge is -2.19. The summed E-state index contributed by atoms with van der Waals surface area (Å²) in [4.78, 5) is 35.1. The molecule has 0 aliphatic rings. The highest BCUT2D eigenvalue weighted by Gasteiger charge is 2.26. The minimum Gasteiger partial charge on any atom is -0.462 e. The molecule has 0 aliphatic heterocycles. The number of unbranched alkanes of at least 4 members (excludes halogenated alkanes) is 16. The Hall–Kier alpha value is -4.11. The maximum atomic E-state index is 12.7. The van der Waals surface area contributed by atoms with Crippen LogP contribution in [0.15, 0.2) is 146 Å². The highest BCUT2D eigenvalue weighted by Crippen LogP contribution is 2.43. The van der Waals surface area contributed by atoms with E-state index in [2.05, 4.69) is 160 Å². The summed E-state index contributed by atoms with van der Waals surface area (Å²) in [6.45, 7) is 3.47. The van der Waals surface area contributed by atoms with Gasteiger partial charge in [0.2, 0.25) is 0 Å². The number of esters is 2. The van der Waals surface area contributed by atoms with Gasteiger partial charge in [-0.3, -0.25) is 18.6 Å². The van der Waals surface area contributed by atoms with Gasteiger partial charge in [-0.05, 0) is 116 Å². The van der Waals surface area contributed by atoms with Gasteiger partial charge >= 0.3 is 19.8 Å². The molecule has 2 atom stereocenters. The van der Waals surface area contributed by atoms with E-state index in [0.717, 1.165) is 128 Å². The molecule has 0 radical (unpaired) electrons. The van der Waals surface area contributed by atoms with Crippen molar-refractivity contribution in [1.29, 1.82) is 0 Å². The third-order valence-corrected chi connectivity index (χ3v) is 12.7. The van der Waals surface area contributed by atoms with Crippen molar-refractivity contribution < 1.29 is 37.6 Å². The van der Waals surface area contributed by atoms with Crippen LogP contribution in [0.4, 0.5) is 0 Å². The van der Waals surface area contributed by atoms with Crippen LogP contribution < -0.4 is 5.73 Å². The monoisotopic (exact) mass is 1060 g/mol. The molecule has 0 fully saturated rings. The van der Waals surface area contributed by atoms with Gasteiger partial charge in [0.15, 0.2) is 6.10 Å². The van der Waals surface area contributed by atoms with Crippen LogP contribution in [0.1, 0.15) is 219 Å². The lowest BCUT2D eigenvalue weighted by Crippen LogP contribution is -2.29. The van der Waals surface area contributed by atoms with Crippen LogP contribution in [0, 0.1) is 0 Å². The van der Waals surface area contributed by atoms with Gasteiger partial charge in [-0.2, -0.15) is 0 Å². The summed E-state index contributed by atoms with van der Waals surface area (Å²) in [5.41, 5.74) is 5.38. The first-order valence-corrected chi connectivity index (χ1v) is 30.8. The Bertz CT molecular complexity index is 1730. The average molecular weight is 1060 g/mol. The van der Waals surface area contributed by atoms with Crippen LogP contribution in [0.25, 0.3) is 0 Å². The molecule has 0 spiro atoms. The van der Waals surface area contributed by atoms with Gasteiger partial charge in [-0.25, -0.2) is 4.57 Å². The van der Waals surface area contributed by atoms with Gasteiger partial charge in [0, 0.05) is 19.4 Å². The molecule has 0 aromatic heterocycles. The van der Waals surface area contributed by atoms with Gasteiger partial charge in [-0.1, -0.05) is 237 Å². The third-order valence-electron chi connectivity index (χ3n) is 11.7. The topological polar surface area (TPSA) is 134 Å². The molecule has 9 nitrogen and oxygen atoms in total. The lowest BCUT2D eigenvalue weighted by molar-refractivity contribution is -0.161. The normalized spacial score (nSPS) is 14.1. The maximum absolute atomic E-state index is 12.7. The summed E-state index contributed by atoms with van der Waals surface area (Å²) in [5.74, 6) is -0.867. The molecular weight excluding hydrogens is 954 g/mol. The number of phosphoric ester groups is 1. The van der Waals surface area contributed by atoms with Crippen molar-refractivity contribution in [2.75, 3.05) is 26.4 Å². The molecule has 424 valence electrons. The Balaban J connectivity index is 3.99. The summed E-state index contributed by atoms with van der Waals surface area (Å²) >= 11 is 0. The van der Waals surface area contributed by atoms with Crippen LogP contribution in [0.5, 0.6) is 0 Å². The molecule has 75 heavy (non-hydrogen) atoms. The molecule has 0 rings (SSSR count). The molecule has 2 unspecified atom stereocenters. The second kappa shape index (κ2) is 59.1. The maximum Gasteiger partial charge on any atom is 0.472 e. The molecule has 0 saturated carbocycles. The molecule has 10 heteroatoms. The Morgan fingerprint density at radius 1 is 0.400 bits per heavy atom. The van der Waals surface area contributed by atoms with Crippen LogP contribution >= 0.6 is 7.82 Å². The van der Waals surface area contributed by atoms with Crippen LogP contribution in [-0.4, -0.2) is 49.3 Å². The smallest absolute Gasteiger partial charge is 0.462 e. The number of carbonyl (C=O) groups is 2. The number of carbonyl (C=O) groups excluding carboxylic acids is 2. The summed E-state index contributed by atoms with van der Waals surface area (Å²) in [5, 5.41) is 0. The number of ether oxygens (including phenoxy) is 2. The molecule has 0 bridgehead atoms. The molecule has 0 aliphatic carbocycles. The Labute approximate surface area is 458 Å². The first-order valence-electron chi connectivity index (χ1n) is 29.3. The van der Waals surface area contributed by atoms with Crippen molar-refractivity contribution in [3.63, 3.8) is 0 Å². The number of rotatable bonds is 53. The minimum atomic E-state index is -4.40. The number of phosphoric acid groups is 1. The Kier molecular flexibility index (Phi) is 55.9. The average Bonchev–Trinajstić information content (AvgIpc) is 3.40. The number of hydrogen-bond acceptors (Lipinski definition) is 8. The lowest BCUT2D eigenvalue weighted by atomic mass is 10.0. The second-order valence-corrected chi connectivity index (χ2v) is 20.2. The Morgan fingerprint density at radius 2 is 0.693 bits per heavy atom. The zero-order chi connectivity index (χ0) is 54.5. The summed E-state index contributed by atoms with van der Waals surface area (Å²) in [6.07, 6.45) is 84.8. The fourth-order valence-electron chi connectivity index (χ4n) is 7.47. The summed E-state index contributed by atoms with van der Waals surface area (Å²) in [6, 6.07) is 0. The van der Waals surface area contributed by atoms with E-state index in [9.17, 15) is 19.0 Å². The van der Waals surface area contributed by atoms with E-state index in [1.165, 1.54) is 51.4 Å². The molecule has 0 aromatic rings. The highest BCUT2D eigenvalue weighted by atomic mass is 31.2. The van der Waals surface area contributed by atoms with E-state index in [-0.39, 0.29) is 32.6 Å². The molecule has 0 saturated heterocycles. The van der Waals surface area contributed by atoms with E-state index in [1.54, 1.807) is 0 Å². The van der Waals surface area contributed by atoms with Gasteiger partial charge in [0.25, 0.3) is 0 Å². The van der Waals surface area contributed by atoms with E-state index >= 15 is 0 Å². The van der Waals surface area contributed by atoms with Crippen molar-refractivity contribution in [2.45, 2.75) is 225 Å². The Morgan fingerprint density at radius 3 is 1.03 bits per heavy atom. The predicted molar refractivity (Wildman–Crippen MR) is 320 cm³/mol. The van der Waals surface area contributed by atoms with E-state index in [0.29, 0.717) is 12.8 Å². The quantitative estimate of drug-likeness (QED) is 0.0264. The van der Waals surface area contributed by atoms with Gasteiger partial charge in [0.1, 0.15) is 6.61 Å². The van der Waals surface area contributed by atoms with Gasteiger partial charge in [0.05, 0.1) is 13.2 Å². The van der Waals surface area contributed by atoms with Crippen molar-refractivity contribution in [1.82, 2.24) is 0 Å². The third kappa shape index (κ3) is 59.0. The number of hydrogen-bond donors (Lipinski definition) is 2. The first kappa shape index (κ1) is 70.9. The largest absolute Gasteiger partial charge is 0.472 e. The van der Waals surface area contributed by atoms with Gasteiger partial charge in [-0.15, -0.1) is 0 Å². The molecule has 0 aromatic carbocycles. The molecular formula is C65H106NO8P. The second-order valence-electron chi connectivity index (χ2n) is 18.7. The minimum absolute atomic E-state index is 0.0424. The van der Waals surface area contributed by atoms with Crippen molar-refractivity contribution in [3.8, 4) is 0 Å². The standard InChI is InChI=1S/C65H106NO8P/c1-3-5-7-9-11-13-15-17-19-21-22-23-24-25-26-27-28-29-30-31-32-33-34-35-36-37-38-39-40-42-44-46-48-50-52-54-56-58-65(68)74-63(62-73-75(69,70)72-60-59-66)61-71-64(67)57-55-53-51-49-47-45-43-41-20-18-16-14-12-10-8-6-4-2/h5-8,11-14,17-20,22-23,25-26,28-29,31-32,34-35,43,45,63H,3-4,9-10,15-16,21,24,27,30,33,36-42,44,46-62,66H2,1-2H3,(H,69,70)/b7-5-,8-6-,13-11-,14-12-,19-17-,20-18-,23-22-,26-25-,29-28-,32-31-,35-34-,45-43-.